The fourth-order valence-electron chi connectivity index (χ4n) is 5.19. The number of hydrogen-bond acceptors (Lipinski definition) is 7. The Kier molecular flexibility index (Phi) is 6.69. The Balaban J connectivity index is 1.70. The average Bonchev–Trinajstić information content (AvgIpc) is 3.42. The lowest BCUT2D eigenvalue weighted by Gasteiger charge is -2.35. The summed E-state index contributed by atoms with van der Waals surface area (Å²) in [5, 5.41) is 15.4. The molecule has 0 aliphatic heterocycles. The van der Waals surface area contributed by atoms with Crippen LogP contribution in [0, 0.1) is 0 Å². The van der Waals surface area contributed by atoms with Gasteiger partial charge in [0.05, 0.1) is 22.5 Å². The van der Waals surface area contributed by atoms with Gasteiger partial charge in [0, 0.05) is 28.9 Å². The highest BCUT2D eigenvalue weighted by Crippen LogP contribution is 2.36. The summed E-state index contributed by atoms with van der Waals surface area (Å²) in [5.74, 6) is 0.250. The summed E-state index contributed by atoms with van der Waals surface area (Å²) in [6.45, 7) is 9.38. The first-order valence-electron chi connectivity index (χ1n) is 12.8. The normalized spacial score (nSPS) is 16.4. The highest BCUT2D eigenvalue weighted by atomic mass is 32.2. The summed E-state index contributed by atoms with van der Waals surface area (Å²) >= 11 is 0. The molecular formula is C27H32N6O5S. The Bertz CT molecular complexity index is 1630. The summed E-state index contributed by atoms with van der Waals surface area (Å²) in [6.07, 6.45) is 2.79. The van der Waals surface area contributed by atoms with Crippen molar-refractivity contribution >= 4 is 45.5 Å². The predicted octanol–water partition coefficient (Wildman–Crippen LogP) is 4.76. The van der Waals surface area contributed by atoms with Crippen LogP contribution in [0.3, 0.4) is 0 Å². The molecule has 11 nitrogen and oxygen atoms in total. The summed E-state index contributed by atoms with van der Waals surface area (Å²) in [7, 11) is -1.52. The number of aromatic nitrogens is 5. The number of carboxylic acid groups (broad SMARTS) is 1. The average molecular weight is 553 g/mol. The van der Waals surface area contributed by atoms with E-state index in [2.05, 4.69) is 15.1 Å². The van der Waals surface area contributed by atoms with Gasteiger partial charge >= 0.3 is 12.2 Å². The topological polar surface area (TPSA) is 132 Å². The van der Waals surface area contributed by atoms with Gasteiger partial charge in [-0.25, -0.2) is 24.0 Å². The molecule has 0 saturated heterocycles. The maximum absolute atomic E-state index is 13.8. The molecule has 1 amide bonds. The van der Waals surface area contributed by atoms with Crippen LogP contribution in [0.15, 0.2) is 35.6 Å². The maximum atomic E-state index is 13.8. The molecule has 5 rings (SSSR count). The molecule has 12 heteroatoms. The predicted molar refractivity (Wildman–Crippen MR) is 147 cm³/mol. The molecule has 1 aliphatic carbocycles. The van der Waals surface area contributed by atoms with E-state index in [1.165, 1.54) is 20.2 Å². The van der Waals surface area contributed by atoms with Gasteiger partial charge in [0.2, 0.25) is 11.1 Å². The lowest BCUT2D eigenvalue weighted by Crippen LogP contribution is -2.47. The van der Waals surface area contributed by atoms with Crippen molar-refractivity contribution in [2.45, 2.75) is 76.6 Å². The lowest BCUT2D eigenvalue weighted by atomic mass is 9.90. The number of hydrogen-bond donors (Lipinski definition) is 1. The zero-order valence-corrected chi connectivity index (χ0v) is 23.7. The molecule has 1 unspecified atom stereocenters. The van der Waals surface area contributed by atoms with E-state index in [0.717, 1.165) is 16.5 Å². The Morgan fingerprint density at radius 1 is 1.21 bits per heavy atom. The van der Waals surface area contributed by atoms with Crippen LogP contribution in [0.25, 0.3) is 16.6 Å². The van der Waals surface area contributed by atoms with Crippen molar-refractivity contribution < 1.29 is 23.6 Å². The van der Waals surface area contributed by atoms with E-state index in [1.807, 2.05) is 32.0 Å². The molecule has 39 heavy (non-hydrogen) atoms. The first kappa shape index (κ1) is 26.8. The van der Waals surface area contributed by atoms with Gasteiger partial charge < -0.3 is 9.84 Å². The molecule has 4 aromatic rings. The number of carbonyl (C=O) groups excluding carboxylic acids is 1. The molecule has 0 saturated carbocycles. The molecule has 3 heterocycles. The summed E-state index contributed by atoms with van der Waals surface area (Å²) in [4.78, 5) is 36.6. The number of carbonyl (C=O) groups is 2. The number of amides is 1. The van der Waals surface area contributed by atoms with Gasteiger partial charge in [-0.05, 0) is 57.6 Å². The molecule has 2 atom stereocenters. The fourth-order valence-corrected chi connectivity index (χ4v) is 5.61. The largest absolute Gasteiger partial charge is 0.464 e. The number of benzene rings is 1. The molecule has 0 spiro atoms. The van der Waals surface area contributed by atoms with E-state index in [1.54, 1.807) is 33.0 Å². The van der Waals surface area contributed by atoms with Gasteiger partial charge in [-0.2, -0.15) is 14.6 Å². The second-order valence-corrected chi connectivity index (χ2v) is 12.3. The van der Waals surface area contributed by atoms with Crippen LogP contribution in [0.2, 0.25) is 0 Å². The van der Waals surface area contributed by atoms with E-state index in [-0.39, 0.29) is 17.0 Å². The zero-order chi connectivity index (χ0) is 28.2. The minimum Gasteiger partial charge on any atom is -0.464 e. The minimum absolute atomic E-state index is 0.0813. The number of ether oxygens (including phenoxy) is 1. The molecule has 206 valence electrons. The van der Waals surface area contributed by atoms with Crippen LogP contribution in [-0.2, 0) is 28.4 Å². The van der Waals surface area contributed by atoms with Gasteiger partial charge in [-0.3, -0.25) is 4.21 Å². The number of anilines is 1. The second-order valence-electron chi connectivity index (χ2n) is 11.1. The molecule has 0 bridgehead atoms. The van der Waals surface area contributed by atoms with Crippen molar-refractivity contribution in [1.29, 1.82) is 0 Å². The third kappa shape index (κ3) is 4.77. The van der Waals surface area contributed by atoms with Crippen LogP contribution in [0.5, 0.6) is 0 Å². The summed E-state index contributed by atoms with van der Waals surface area (Å²) in [6, 6.07) is 6.95. The Morgan fingerprint density at radius 3 is 2.56 bits per heavy atom. The number of nitrogens with zero attached hydrogens (tertiary/aromatic N) is 6. The molecule has 1 aliphatic rings. The van der Waals surface area contributed by atoms with E-state index in [9.17, 15) is 18.9 Å². The smallest absolute Gasteiger partial charge is 0.417 e. The molecular weight excluding hydrogens is 520 g/mol. The SMILES string of the molecule is CC(C)c1cnn2c(N(C(=O)OC(C)(C)C)[C@@H]3CCc4c(c5ccccc5n4C(=O)O)C3)nc(S(C)=O)nc12. The Morgan fingerprint density at radius 2 is 1.92 bits per heavy atom. The quantitative estimate of drug-likeness (QED) is 0.383. The molecule has 1 N–H and O–H groups in total. The van der Waals surface area contributed by atoms with Gasteiger partial charge in [0.15, 0.2) is 5.65 Å². The fraction of sp³-hybridized carbons (Fsp3) is 0.444. The third-order valence-electron chi connectivity index (χ3n) is 6.84. The monoisotopic (exact) mass is 552 g/mol. The van der Waals surface area contributed by atoms with Crippen molar-refractivity contribution in [2.24, 2.45) is 0 Å². The highest BCUT2D eigenvalue weighted by Gasteiger charge is 2.38. The van der Waals surface area contributed by atoms with Crippen molar-refractivity contribution in [3.05, 3.63) is 47.3 Å². The van der Waals surface area contributed by atoms with Gasteiger partial charge in [-0.15, -0.1) is 0 Å². The van der Waals surface area contributed by atoms with Gasteiger partial charge in [0.1, 0.15) is 5.60 Å². The maximum Gasteiger partial charge on any atom is 0.417 e. The van der Waals surface area contributed by atoms with Gasteiger partial charge in [-0.1, -0.05) is 32.0 Å². The molecule has 0 fully saturated rings. The molecule has 1 aromatic carbocycles. The number of rotatable bonds is 4. The van der Waals surface area contributed by atoms with E-state index in [4.69, 9.17) is 4.74 Å². The van der Waals surface area contributed by atoms with Crippen LogP contribution in [-0.4, -0.2) is 63.5 Å². The minimum atomic E-state index is -1.52. The second kappa shape index (κ2) is 9.74. The van der Waals surface area contributed by atoms with Crippen molar-refractivity contribution in [1.82, 2.24) is 24.1 Å². The zero-order valence-electron chi connectivity index (χ0n) is 22.8. The Hall–Kier alpha value is -3.80. The van der Waals surface area contributed by atoms with Crippen molar-refractivity contribution in [3.63, 3.8) is 0 Å². The molecule has 3 aromatic heterocycles. The van der Waals surface area contributed by atoms with Crippen LogP contribution < -0.4 is 4.90 Å². The van der Waals surface area contributed by atoms with Crippen LogP contribution >= 0.6 is 0 Å². The van der Waals surface area contributed by atoms with Crippen LogP contribution in [0.4, 0.5) is 15.5 Å². The molecule has 0 radical (unpaired) electrons. The summed E-state index contributed by atoms with van der Waals surface area (Å²) in [5.41, 5.74) is 2.72. The van der Waals surface area contributed by atoms with Crippen LogP contribution in [0.1, 0.15) is 63.8 Å². The van der Waals surface area contributed by atoms with Crippen molar-refractivity contribution in [2.75, 3.05) is 11.2 Å². The Labute approximate surface area is 228 Å². The van der Waals surface area contributed by atoms with E-state index < -0.39 is 34.6 Å². The number of fused-ring (bicyclic) bond motifs is 4. The highest BCUT2D eigenvalue weighted by molar-refractivity contribution is 7.84. The standard InChI is InChI=1S/C27H32N6O5S/c1-15(2)19-14-28-33-22(19)29-23(39(6)37)30-24(33)31(26(36)38-27(3,4)5)16-11-12-21-18(13-16)17-9-7-8-10-20(17)32(21)25(34)35/h7-10,14-16H,11-13H2,1-6H3,(H,34,35)/t16-,39?/m1/s1. The summed E-state index contributed by atoms with van der Waals surface area (Å²) < 4.78 is 21.3. The third-order valence-corrected chi connectivity index (χ3v) is 7.54. The van der Waals surface area contributed by atoms with Crippen molar-refractivity contribution in [3.8, 4) is 0 Å². The number of para-hydroxylation sites is 1. The van der Waals surface area contributed by atoms with Gasteiger partial charge in [0.25, 0.3) is 0 Å². The lowest BCUT2D eigenvalue weighted by molar-refractivity contribution is 0.0558. The van der Waals surface area contributed by atoms with E-state index in [0.29, 0.717) is 36.1 Å². The van der Waals surface area contributed by atoms with E-state index >= 15 is 0 Å². The first-order valence-corrected chi connectivity index (χ1v) is 14.4. The first-order chi connectivity index (χ1) is 18.4.